The molecular weight excluding hydrogens is 356 g/mol. The maximum absolute atomic E-state index is 12.8. The van der Waals surface area contributed by atoms with E-state index < -0.39 is 17.7 Å². The first-order valence-corrected chi connectivity index (χ1v) is 10.2. The Balaban J connectivity index is 0.00000352. The van der Waals surface area contributed by atoms with Crippen molar-refractivity contribution in [3.8, 4) is 0 Å². The molecule has 3 unspecified atom stereocenters. The number of alkyl carbamates (subject to hydrolysis) is 1. The molecule has 0 radical (unpaired) electrons. The Morgan fingerprint density at radius 2 is 1.93 bits per heavy atom. The third-order valence-corrected chi connectivity index (χ3v) is 4.41. The molecule has 3 atom stereocenters. The second-order valence-corrected chi connectivity index (χ2v) is 7.54. The van der Waals surface area contributed by atoms with Gasteiger partial charge in [0.2, 0.25) is 5.91 Å². The third kappa shape index (κ3) is 7.87. The fraction of sp³-hybridized carbons (Fsp3) is 0.682. The van der Waals surface area contributed by atoms with Crippen LogP contribution in [0, 0.1) is 5.92 Å². The largest absolute Gasteiger partial charge is 0.444 e. The number of allylic oxidation sites excluding steroid dienone is 3. The molecular formula is C22H38N2O4. The second-order valence-electron chi connectivity index (χ2n) is 7.54. The minimum atomic E-state index is -0.712. The summed E-state index contributed by atoms with van der Waals surface area (Å²) in [7, 11) is 0. The first-order chi connectivity index (χ1) is 13.1. The summed E-state index contributed by atoms with van der Waals surface area (Å²) >= 11 is 0. The first kappa shape index (κ1) is 25.9. The summed E-state index contributed by atoms with van der Waals surface area (Å²) in [6.07, 6.45) is 7.63. The van der Waals surface area contributed by atoms with E-state index in [4.69, 9.17) is 4.74 Å². The summed E-state index contributed by atoms with van der Waals surface area (Å²) in [5.74, 6) is -0.220. The molecule has 0 aromatic carbocycles. The monoisotopic (exact) mass is 394 g/mol. The molecule has 160 valence electrons. The van der Waals surface area contributed by atoms with Crippen molar-refractivity contribution in [3.63, 3.8) is 0 Å². The SMILES string of the molecule is C/C=C(\C=C/CC)C1CC(NC(=O)OC(C)(C)C)C(=O)N(CC=O)C1C.CC. The van der Waals surface area contributed by atoms with Gasteiger partial charge in [0.15, 0.2) is 0 Å². The highest BCUT2D eigenvalue weighted by Crippen LogP contribution is 2.31. The molecule has 1 aliphatic heterocycles. The molecule has 1 N–H and O–H groups in total. The van der Waals surface area contributed by atoms with E-state index in [0.29, 0.717) is 6.42 Å². The quantitative estimate of drug-likeness (QED) is 0.540. The van der Waals surface area contributed by atoms with Gasteiger partial charge in [0.1, 0.15) is 17.9 Å². The van der Waals surface area contributed by atoms with Crippen molar-refractivity contribution in [1.29, 1.82) is 0 Å². The highest BCUT2D eigenvalue weighted by atomic mass is 16.6. The van der Waals surface area contributed by atoms with Crippen LogP contribution in [-0.4, -0.2) is 47.4 Å². The molecule has 6 nitrogen and oxygen atoms in total. The van der Waals surface area contributed by atoms with Crippen molar-refractivity contribution in [3.05, 3.63) is 23.8 Å². The molecule has 1 rings (SSSR count). The lowest BCUT2D eigenvalue weighted by Crippen LogP contribution is -2.59. The summed E-state index contributed by atoms with van der Waals surface area (Å²) in [5, 5.41) is 2.68. The number of hydrogen-bond donors (Lipinski definition) is 1. The lowest BCUT2D eigenvalue weighted by Gasteiger charge is -2.42. The zero-order valence-electron chi connectivity index (χ0n) is 18.7. The molecule has 0 aromatic heterocycles. The van der Waals surface area contributed by atoms with Gasteiger partial charge in [0.05, 0.1) is 6.54 Å². The van der Waals surface area contributed by atoms with Gasteiger partial charge < -0.3 is 19.7 Å². The van der Waals surface area contributed by atoms with Gasteiger partial charge >= 0.3 is 6.09 Å². The number of carbonyl (C=O) groups is 3. The Bertz CT molecular complexity index is 576. The van der Waals surface area contributed by atoms with Crippen molar-refractivity contribution < 1.29 is 19.1 Å². The second kappa shape index (κ2) is 12.4. The van der Waals surface area contributed by atoms with Crippen LogP contribution in [0.1, 0.15) is 68.2 Å². The highest BCUT2D eigenvalue weighted by molar-refractivity contribution is 5.88. The smallest absolute Gasteiger partial charge is 0.408 e. The van der Waals surface area contributed by atoms with Crippen molar-refractivity contribution in [2.75, 3.05) is 6.54 Å². The molecule has 0 aromatic rings. The minimum Gasteiger partial charge on any atom is -0.444 e. The Morgan fingerprint density at radius 1 is 1.32 bits per heavy atom. The molecule has 1 aliphatic rings. The summed E-state index contributed by atoms with van der Waals surface area (Å²) in [4.78, 5) is 37.5. The Kier molecular flexibility index (Phi) is 11.4. The lowest BCUT2D eigenvalue weighted by atomic mass is 9.81. The van der Waals surface area contributed by atoms with Crippen LogP contribution in [0.15, 0.2) is 23.8 Å². The number of piperidine rings is 1. The topological polar surface area (TPSA) is 75.7 Å². The normalized spacial score (nSPS) is 23.1. The molecule has 1 fully saturated rings. The van der Waals surface area contributed by atoms with E-state index in [0.717, 1.165) is 18.3 Å². The van der Waals surface area contributed by atoms with Gasteiger partial charge in [-0.05, 0) is 53.0 Å². The van der Waals surface area contributed by atoms with Crippen molar-refractivity contribution in [1.82, 2.24) is 10.2 Å². The van der Waals surface area contributed by atoms with E-state index in [-0.39, 0.29) is 24.4 Å². The maximum Gasteiger partial charge on any atom is 0.408 e. The first-order valence-electron chi connectivity index (χ1n) is 10.2. The zero-order valence-corrected chi connectivity index (χ0v) is 18.7. The van der Waals surface area contributed by atoms with E-state index in [1.54, 1.807) is 20.8 Å². The van der Waals surface area contributed by atoms with E-state index >= 15 is 0 Å². The van der Waals surface area contributed by atoms with Crippen LogP contribution in [-0.2, 0) is 14.3 Å². The number of ether oxygens (including phenoxy) is 1. The number of nitrogens with zero attached hydrogens (tertiary/aromatic N) is 1. The Hall–Kier alpha value is -2.11. The van der Waals surface area contributed by atoms with Crippen LogP contribution in [0.4, 0.5) is 4.79 Å². The Labute approximate surface area is 170 Å². The van der Waals surface area contributed by atoms with Gasteiger partial charge in [-0.2, -0.15) is 0 Å². The summed E-state index contributed by atoms with van der Waals surface area (Å²) in [6, 6.07) is -0.840. The van der Waals surface area contributed by atoms with Crippen LogP contribution >= 0.6 is 0 Å². The van der Waals surface area contributed by atoms with Crippen molar-refractivity contribution in [2.24, 2.45) is 5.92 Å². The Morgan fingerprint density at radius 3 is 2.39 bits per heavy atom. The maximum atomic E-state index is 12.8. The van der Waals surface area contributed by atoms with Crippen molar-refractivity contribution >= 4 is 18.3 Å². The lowest BCUT2D eigenvalue weighted by molar-refractivity contribution is -0.142. The molecule has 6 heteroatoms. The molecule has 0 bridgehead atoms. The number of hydrogen-bond acceptors (Lipinski definition) is 4. The zero-order chi connectivity index (χ0) is 21.9. The average molecular weight is 395 g/mol. The molecule has 2 amide bonds. The fourth-order valence-corrected chi connectivity index (χ4v) is 3.18. The number of aldehydes is 1. The predicted octanol–water partition coefficient (Wildman–Crippen LogP) is 4.25. The fourth-order valence-electron chi connectivity index (χ4n) is 3.18. The third-order valence-electron chi connectivity index (χ3n) is 4.41. The number of rotatable bonds is 6. The van der Waals surface area contributed by atoms with Crippen LogP contribution < -0.4 is 5.32 Å². The van der Waals surface area contributed by atoms with Crippen LogP contribution in [0.2, 0.25) is 0 Å². The van der Waals surface area contributed by atoms with E-state index in [2.05, 4.69) is 24.4 Å². The van der Waals surface area contributed by atoms with Crippen LogP contribution in [0.5, 0.6) is 0 Å². The standard InChI is InChI=1S/C20H32N2O4.C2H6/c1-7-9-10-15(8-2)16-13-17(21-19(25)26-20(4,5)6)18(24)22(11-12-23)14(16)3;1-2/h8-10,12,14,16-17H,7,11,13H2,1-6H3,(H,21,25);1-2H3/b10-9-,15-8+;. The highest BCUT2D eigenvalue weighted by Gasteiger charge is 2.41. The van der Waals surface area contributed by atoms with Gasteiger partial charge in [0.25, 0.3) is 0 Å². The van der Waals surface area contributed by atoms with E-state index in [9.17, 15) is 14.4 Å². The van der Waals surface area contributed by atoms with Gasteiger partial charge in [-0.15, -0.1) is 0 Å². The molecule has 1 heterocycles. The van der Waals surface area contributed by atoms with Gasteiger partial charge in [-0.1, -0.05) is 39.0 Å². The molecule has 1 saturated heterocycles. The molecule has 0 aliphatic carbocycles. The number of amides is 2. The van der Waals surface area contributed by atoms with Gasteiger partial charge in [-0.3, -0.25) is 4.79 Å². The molecule has 0 saturated carbocycles. The van der Waals surface area contributed by atoms with Gasteiger partial charge in [0, 0.05) is 12.0 Å². The van der Waals surface area contributed by atoms with E-state index in [1.807, 2.05) is 33.8 Å². The molecule has 0 spiro atoms. The van der Waals surface area contributed by atoms with Crippen molar-refractivity contribution in [2.45, 2.75) is 85.9 Å². The van der Waals surface area contributed by atoms with Crippen LogP contribution in [0.25, 0.3) is 0 Å². The van der Waals surface area contributed by atoms with Gasteiger partial charge in [-0.25, -0.2) is 4.79 Å². The molecule has 28 heavy (non-hydrogen) atoms. The summed E-state index contributed by atoms with van der Waals surface area (Å²) in [6.45, 7) is 15.3. The predicted molar refractivity (Wildman–Crippen MR) is 113 cm³/mol. The van der Waals surface area contributed by atoms with Crippen LogP contribution in [0.3, 0.4) is 0 Å². The minimum absolute atomic E-state index is 0.0114. The summed E-state index contributed by atoms with van der Waals surface area (Å²) < 4.78 is 5.28. The number of likely N-dealkylation sites (tertiary alicyclic amines) is 1. The number of nitrogens with one attached hydrogen (secondary N) is 1. The number of carbonyl (C=O) groups excluding carboxylic acids is 3. The van der Waals surface area contributed by atoms with E-state index in [1.165, 1.54) is 4.90 Å². The average Bonchev–Trinajstić information content (AvgIpc) is 2.62. The summed E-state index contributed by atoms with van der Waals surface area (Å²) in [5.41, 5.74) is 0.453.